The van der Waals surface area contributed by atoms with Crippen LogP contribution in [0.2, 0.25) is 5.02 Å². The fourth-order valence-electron chi connectivity index (χ4n) is 3.52. The number of benzene rings is 1. The predicted octanol–water partition coefficient (Wildman–Crippen LogP) is 2.85. The summed E-state index contributed by atoms with van der Waals surface area (Å²) in [6.07, 6.45) is 1.93. The fraction of sp³-hybridized carbons (Fsp3) is 0.600. The predicted molar refractivity (Wildman–Crippen MR) is 73.7 cm³/mol. The standard InChI is InChI=1S/C15H20ClNO/c1-10-2-3-11(15(16)4-10)7-17-8-12-5-14(18)6-13(12)9-17/h2-4,12-14,18H,5-9H2,1H3/t12-,13+,14?. The number of fused-ring (bicyclic) bond motifs is 1. The lowest BCUT2D eigenvalue weighted by molar-refractivity contribution is 0.161. The minimum absolute atomic E-state index is 0.0508. The van der Waals surface area contributed by atoms with Gasteiger partial charge in [-0.15, -0.1) is 0 Å². The molecule has 2 fully saturated rings. The molecular weight excluding hydrogens is 246 g/mol. The third kappa shape index (κ3) is 2.42. The Balaban J connectivity index is 1.65. The first-order valence-corrected chi connectivity index (χ1v) is 7.15. The van der Waals surface area contributed by atoms with Gasteiger partial charge in [-0.05, 0) is 48.8 Å². The van der Waals surface area contributed by atoms with Crippen molar-refractivity contribution in [3.63, 3.8) is 0 Å². The third-order valence-electron chi connectivity index (χ3n) is 4.40. The van der Waals surface area contributed by atoms with Gasteiger partial charge in [0.25, 0.3) is 0 Å². The summed E-state index contributed by atoms with van der Waals surface area (Å²) in [4.78, 5) is 2.48. The lowest BCUT2D eigenvalue weighted by Crippen LogP contribution is -2.22. The monoisotopic (exact) mass is 265 g/mol. The Morgan fingerprint density at radius 1 is 1.28 bits per heavy atom. The van der Waals surface area contributed by atoms with Crippen LogP contribution in [0.3, 0.4) is 0 Å². The molecular formula is C15H20ClNO. The Morgan fingerprint density at radius 3 is 2.56 bits per heavy atom. The highest BCUT2D eigenvalue weighted by atomic mass is 35.5. The van der Waals surface area contributed by atoms with Crippen molar-refractivity contribution in [1.29, 1.82) is 0 Å². The van der Waals surface area contributed by atoms with E-state index in [2.05, 4.69) is 24.0 Å². The van der Waals surface area contributed by atoms with Crippen LogP contribution in [-0.4, -0.2) is 29.2 Å². The molecule has 1 heterocycles. The van der Waals surface area contributed by atoms with Crippen LogP contribution in [0.4, 0.5) is 0 Å². The van der Waals surface area contributed by atoms with Crippen molar-refractivity contribution in [2.24, 2.45) is 11.8 Å². The molecule has 1 aliphatic heterocycles. The van der Waals surface area contributed by atoms with Crippen molar-refractivity contribution >= 4 is 11.6 Å². The molecule has 1 aromatic rings. The fourth-order valence-corrected chi connectivity index (χ4v) is 3.81. The SMILES string of the molecule is Cc1ccc(CN2C[C@H]3CC(O)C[C@H]3C2)c(Cl)c1. The normalized spacial score (nSPS) is 31.8. The first kappa shape index (κ1) is 12.5. The number of aliphatic hydroxyl groups is 1. The zero-order valence-electron chi connectivity index (χ0n) is 10.8. The molecule has 2 aliphatic rings. The second-order valence-corrected chi connectivity index (χ2v) is 6.34. The van der Waals surface area contributed by atoms with Crippen LogP contribution < -0.4 is 0 Å². The average molecular weight is 266 g/mol. The van der Waals surface area contributed by atoms with Crippen LogP contribution in [0.5, 0.6) is 0 Å². The number of halogens is 1. The number of hydrogen-bond acceptors (Lipinski definition) is 2. The molecule has 2 nitrogen and oxygen atoms in total. The quantitative estimate of drug-likeness (QED) is 0.889. The maximum atomic E-state index is 9.65. The van der Waals surface area contributed by atoms with Gasteiger partial charge in [0.2, 0.25) is 0 Å². The van der Waals surface area contributed by atoms with Crippen LogP contribution in [0.25, 0.3) is 0 Å². The topological polar surface area (TPSA) is 23.5 Å². The molecule has 18 heavy (non-hydrogen) atoms. The number of rotatable bonds is 2. The van der Waals surface area contributed by atoms with E-state index in [4.69, 9.17) is 11.6 Å². The summed E-state index contributed by atoms with van der Waals surface area (Å²) in [5.74, 6) is 1.40. The molecule has 1 saturated heterocycles. The van der Waals surface area contributed by atoms with Gasteiger partial charge < -0.3 is 5.11 Å². The van der Waals surface area contributed by atoms with Crippen LogP contribution in [0.1, 0.15) is 24.0 Å². The maximum absolute atomic E-state index is 9.65. The van der Waals surface area contributed by atoms with E-state index >= 15 is 0 Å². The van der Waals surface area contributed by atoms with E-state index in [1.165, 1.54) is 11.1 Å². The van der Waals surface area contributed by atoms with E-state index in [9.17, 15) is 5.11 Å². The number of hydrogen-bond donors (Lipinski definition) is 1. The smallest absolute Gasteiger partial charge is 0.0546 e. The number of aryl methyl sites for hydroxylation is 1. The van der Waals surface area contributed by atoms with Gasteiger partial charge in [0.05, 0.1) is 6.10 Å². The Labute approximate surface area is 114 Å². The van der Waals surface area contributed by atoms with Crippen LogP contribution in [0.15, 0.2) is 18.2 Å². The summed E-state index contributed by atoms with van der Waals surface area (Å²) in [5, 5.41) is 10.5. The Hall–Kier alpha value is -0.570. The average Bonchev–Trinajstić information content (AvgIpc) is 2.79. The Morgan fingerprint density at radius 2 is 1.94 bits per heavy atom. The number of aliphatic hydroxyl groups excluding tert-OH is 1. The summed E-state index contributed by atoms with van der Waals surface area (Å²) in [6, 6.07) is 6.31. The Kier molecular flexibility index (Phi) is 3.35. The van der Waals surface area contributed by atoms with Crippen molar-refractivity contribution in [2.75, 3.05) is 13.1 Å². The van der Waals surface area contributed by atoms with Crippen molar-refractivity contribution in [1.82, 2.24) is 4.90 Å². The van der Waals surface area contributed by atoms with E-state index in [0.717, 1.165) is 37.5 Å². The third-order valence-corrected chi connectivity index (χ3v) is 4.76. The molecule has 3 atom stereocenters. The maximum Gasteiger partial charge on any atom is 0.0546 e. The van der Waals surface area contributed by atoms with Crippen molar-refractivity contribution in [2.45, 2.75) is 32.4 Å². The number of nitrogens with zero attached hydrogens (tertiary/aromatic N) is 1. The molecule has 0 amide bonds. The molecule has 0 bridgehead atoms. The molecule has 98 valence electrons. The van der Waals surface area contributed by atoms with E-state index in [1.54, 1.807) is 0 Å². The van der Waals surface area contributed by atoms with Gasteiger partial charge in [0, 0.05) is 24.7 Å². The van der Waals surface area contributed by atoms with E-state index in [-0.39, 0.29) is 6.10 Å². The molecule has 0 spiro atoms. The highest BCUT2D eigenvalue weighted by molar-refractivity contribution is 6.31. The van der Waals surface area contributed by atoms with Gasteiger partial charge in [-0.1, -0.05) is 23.7 Å². The molecule has 1 unspecified atom stereocenters. The van der Waals surface area contributed by atoms with Gasteiger partial charge >= 0.3 is 0 Å². The Bertz CT molecular complexity index is 434. The molecule has 1 aliphatic carbocycles. The lowest BCUT2D eigenvalue weighted by atomic mass is 10.0. The minimum Gasteiger partial charge on any atom is -0.393 e. The first-order valence-electron chi connectivity index (χ1n) is 6.77. The van der Waals surface area contributed by atoms with Gasteiger partial charge in [-0.2, -0.15) is 0 Å². The highest BCUT2D eigenvalue weighted by Crippen LogP contribution is 2.38. The molecule has 3 rings (SSSR count). The molecule has 1 aromatic carbocycles. The highest BCUT2D eigenvalue weighted by Gasteiger charge is 2.40. The molecule has 1 N–H and O–H groups in total. The summed E-state index contributed by atoms with van der Waals surface area (Å²) in [7, 11) is 0. The molecule has 0 aromatic heterocycles. The van der Waals surface area contributed by atoms with Crippen molar-refractivity contribution < 1.29 is 5.11 Å². The summed E-state index contributed by atoms with van der Waals surface area (Å²) in [6.45, 7) is 5.25. The summed E-state index contributed by atoms with van der Waals surface area (Å²) >= 11 is 6.29. The molecule has 3 heteroatoms. The largest absolute Gasteiger partial charge is 0.393 e. The minimum atomic E-state index is -0.0508. The van der Waals surface area contributed by atoms with Crippen molar-refractivity contribution in [3.05, 3.63) is 34.3 Å². The van der Waals surface area contributed by atoms with Gasteiger partial charge in [-0.25, -0.2) is 0 Å². The second kappa shape index (κ2) is 4.84. The molecule has 0 radical (unpaired) electrons. The lowest BCUT2D eigenvalue weighted by Gasteiger charge is -2.18. The number of likely N-dealkylation sites (tertiary alicyclic amines) is 1. The van der Waals surface area contributed by atoms with Crippen molar-refractivity contribution in [3.8, 4) is 0 Å². The van der Waals surface area contributed by atoms with Crippen LogP contribution >= 0.6 is 11.6 Å². The summed E-state index contributed by atoms with van der Waals surface area (Å²) in [5.41, 5.74) is 2.44. The van der Waals surface area contributed by atoms with E-state index < -0.39 is 0 Å². The van der Waals surface area contributed by atoms with Gasteiger partial charge in [0.1, 0.15) is 0 Å². The zero-order valence-corrected chi connectivity index (χ0v) is 11.5. The van der Waals surface area contributed by atoms with Gasteiger partial charge in [0.15, 0.2) is 0 Å². The van der Waals surface area contributed by atoms with Gasteiger partial charge in [-0.3, -0.25) is 4.90 Å². The molecule has 1 saturated carbocycles. The van der Waals surface area contributed by atoms with Crippen LogP contribution in [-0.2, 0) is 6.54 Å². The summed E-state index contributed by atoms with van der Waals surface area (Å²) < 4.78 is 0. The van der Waals surface area contributed by atoms with E-state index in [1.807, 2.05) is 6.07 Å². The van der Waals surface area contributed by atoms with Crippen LogP contribution in [0, 0.1) is 18.8 Å². The zero-order chi connectivity index (χ0) is 12.7. The first-order chi connectivity index (χ1) is 8.61. The second-order valence-electron chi connectivity index (χ2n) is 5.93. The van der Waals surface area contributed by atoms with E-state index in [0.29, 0.717) is 11.8 Å².